The number of aryl methyl sites for hydroxylation is 1. The van der Waals surface area contributed by atoms with E-state index in [1.165, 1.54) is 7.11 Å². The van der Waals surface area contributed by atoms with Crippen LogP contribution in [0, 0.1) is 13.8 Å². The van der Waals surface area contributed by atoms with Crippen LogP contribution in [0.1, 0.15) is 21.5 Å². The minimum Gasteiger partial charge on any atom is -0.495 e. The predicted octanol–water partition coefficient (Wildman–Crippen LogP) is 2.66. The molecule has 0 atom stereocenters. The lowest BCUT2D eigenvalue weighted by Gasteiger charge is -2.11. The number of rotatable bonds is 2. The van der Waals surface area contributed by atoms with E-state index >= 15 is 0 Å². The van der Waals surface area contributed by atoms with Crippen LogP contribution >= 0.6 is 11.6 Å². The van der Waals surface area contributed by atoms with E-state index in [-0.39, 0.29) is 5.56 Å². The maximum atomic E-state index is 10.8. The zero-order chi connectivity index (χ0) is 10.9. The molecular formula is C10H11ClO3. The molecule has 0 aliphatic heterocycles. The summed E-state index contributed by atoms with van der Waals surface area (Å²) in [7, 11) is 1.51. The molecule has 0 aliphatic carbocycles. The minimum atomic E-state index is -0.977. The highest BCUT2D eigenvalue weighted by Gasteiger charge is 2.16. The Kier molecular flexibility index (Phi) is 3.01. The van der Waals surface area contributed by atoms with Gasteiger partial charge in [0, 0.05) is 0 Å². The Morgan fingerprint density at radius 2 is 2.07 bits per heavy atom. The van der Waals surface area contributed by atoms with Gasteiger partial charge in [0.1, 0.15) is 5.75 Å². The minimum absolute atomic E-state index is 0.216. The van der Waals surface area contributed by atoms with Crippen molar-refractivity contribution in [1.82, 2.24) is 0 Å². The van der Waals surface area contributed by atoms with Crippen LogP contribution in [0.3, 0.4) is 0 Å². The molecule has 0 aliphatic rings. The first-order valence-corrected chi connectivity index (χ1v) is 4.43. The summed E-state index contributed by atoms with van der Waals surface area (Å²) in [5.41, 5.74) is 1.47. The topological polar surface area (TPSA) is 46.5 Å². The number of halogens is 1. The fourth-order valence-electron chi connectivity index (χ4n) is 1.32. The molecule has 0 aromatic heterocycles. The number of carboxylic acid groups (broad SMARTS) is 1. The van der Waals surface area contributed by atoms with Crippen molar-refractivity contribution < 1.29 is 14.6 Å². The van der Waals surface area contributed by atoms with Gasteiger partial charge in [-0.3, -0.25) is 0 Å². The fraction of sp³-hybridized carbons (Fsp3) is 0.300. The van der Waals surface area contributed by atoms with Crippen LogP contribution in [0.25, 0.3) is 0 Å². The Labute approximate surface area is 87.3 Å². The van der Waals surface area contributed by atoms with Gasteiger partial charge in [-0.05, 0) is 31.0 Å². The highest BCUT2D eigenvalue weighted by molar-refractivity contribution is 6.33. The van der Waals surface area contributed by atoms with Gasteiger partial charge in [0.25, 0.3) is 0 Å². The van der Waals surface area contributed by atoms with Gasteiger partial charge in [0.15, 0.2) is 0 Å². The third-order valence-corrected chi connectivity index (χ3v) is 2.54. The van der Waals surface area contributed by atoms with Gasteiger partial charge in [-0.1, -0.05) is 11.6 Å². The number of hydrogen-bond donors (Lipinski definition) is 1. The van der Waals surface area contributed by atoms with Gasteiger partial charge < -0.3 is 9.84 Å². The summed E-state index contributed by atoms with van der Waals surface area (Å²) < 4.78 is 5.07. The maximum Gasteiger partial charge on any atom is 0.336 e. The second-order valence-electron chi connectivity index (χ2n) is 3.02. The monoisotopic (exact) mass is 214 g/mol. The molecule has 0 spiro atoms. The average Bonchev–Trinajstić information content (AvgIpc) is 2.12. The Balaban J connectivity index is 3.47. The van der Waals surface area contributed by atoms with Crippen molar-refractivity contribution in [2.24, 2.45) is 0 Å². The van der Waals surface area contributed by atoms with Gasteiger partial charge in [-0.2, -0.15) is 0 Å². The maximum absolute atomic E-state index is 10.8. The number of ether oxygens (including phenoxy) is 1. The van der Waals surface area contributed by atoms with E-state index in [1.54, 1.807) is 19.9 Å². The van der Waals surface area contributed by atoms with E-state index < -0.39 is 5.97 Å². The Bertz CT molecular complexity index is 385. The average molecular weight is 215 g/mol. The predicted molar refractivity (Wildman–Crippen MR) is 54.4 cm³/mol. The number of benzene rings is 1. The van der Waals surface area contributed by atoms with Gasteiger partial charge >= 0.3 is 5.97 Å². The van der Waals surface area contributed by atoms with Crippen molar-refractivity contribution in [3.8, 4) is 5.75 Å². The summed E-state index contributed by atoms with van der Waals surface area (Å²) in [5, 5.41) is 9.24. The van der Waals surface area contributed by atoms with Crippen molar-refractivity contribution in [2.45, 2.75) is 13.8 Å². The van der Waals surface area contributed by atoms with Gasteiger partial charge in [-0.15, -0.1) is 0 Å². The zero-order valence-corrected chi connectivity index (χ0v) is 8.97. The molecule has 3 nitrogen and oxygen atoms in total. The molecule has 0 saturated heterocycles. The second kappa shape index (κ2) is 3.88. The van der Waals surface area contributed by atoms with Crippen LogP contribution in [0.4, 0.5) is 0 Å². The lowest BCUT2D eigenvalue weighted by molar-refractivity contribution is 0.0696. The molecule has 1 N–H and O–H groups in total. The first kappa shape index (κ1) is 10.9. The number of aromatic carboxylic acids is 1. The Morgan fingerprint density at radius 3 is 2.50 bits per heavy atom. The molecule has 0 fully saturated rings. The highest BCUT2D eigenvalue weighted by Crippen LogP contribution is 2.33. The lowest BCUT2D eigenvalue weighted by atomic mass is 10.0. The number of methoxy groups -OCH3 is 1. The molecule has 0 saturated carbocycles. The molecule has 0 unspecified atom stereocenters. The number of carbonyl (C=O) groups is 1. The van der Waals surface area contributed by atoms with Crippen molar-refractivity contribution in [3.05, 3.63) is 27.8 Å². The summed E-state index contributed by atoms with van der Waals surface area (Å²) in [6, 6.07) is 1.56. The molecule has 0 amide bonds. The van der Waals surface area contributed by atoms with Crippen molar-refractivity contribution in [1.29, 1.82) is 0 Å². The smallest absolute Gasteiger partial charge is 0.336 e. The second-order valence-corrected chi connectivity index (χ2v) is 3.40. The zero-order valence-electron chi connectivity index (χ0n) is 8.22. The van der Waals surface area contributed by atoms with Gasteiger partial charge in [0.05, 0.1) is 17.7 Å². The standard InChI is InChI=1S/C10H11ClO3/c1-5-4-7(10(12)13)6(2)8(11)9(5)14-3/h4H,1-3H3,(H,12,13). The highest BCUT2D eigenvalue weighted by atomic mass is 35.5. The summed E-state index contributed by atoms with van der Waals surface area (Å²) in [4.78, 5) is 10.8. The van der Waals surface area contributed by atoms with Crippen LogP contribution in [0.2, 0.25) is 5.02 Å². The molecule has 0 heterocycles. The molecule has 14 heavy (non-hydrogen) atoms. The third-order valence-electron chi connectivity index (χ3n) is 2.09. The number of carboxylic acids is 1. The normalized spacial score (nSPS) is 10.0. The molecule has 0 bridgehead atoms. The van der Waals surface area contributed by atoms with E-state index in [2.05, 4.69) is 0 Å². The first-order valence-electron chi connectivity index (χ1n) is 4.06. The molecule has 4 heteroatoms. The van der Waals surface area contributed by atoms with E-state index in [0.29, 0.717) is 16.3 Å². The van der Waals surface area contributed by atoms with Crippen molar-refractivity contribution in [2.75, 3.05) is 7.11 Å². The van der Waals surface area contributed by atoms with Crippen molar-refractivity contribution >= 4 is 17.6 Å². The SMILES string of the molecule is COc1c(C)cc(C(=O)O)c(C)c1Cl. The number of hydrogen-bond acceptors (Lipinski definition) is 2. The molecule has 1 rings (SSSR count). The van der Waals surface area contributed by atoms with Crippen LogP contribution in [-0.4, -0.2) is 18.2 Å². The third kappa shape index (κ3) is 1.68. The summed E-state index contributed by atoms with van der Waals surface area (Å²) in [6.45, 7) is 3.42. The summed E-state index contributed by atoms with van der Waals surface area (Å²) >= 11 is 5.96. The fourth-order valence-corrected chi connectivity index (χ4v) is 1.65. The molecule has 1 aromatic carbocycles. The van der Waals surface area contributed by atoms with E-state index in [1.807, 2.05) is 0 Å². The van der Waals surface area contributed by atoms with Gasteiger partial charge in [-0.25, -0.2) is 4.79 Å². The van der Waals surface area contributed by atoms with Gasteiger partial charge in [0.2, 0.25) is 0 Å². The van der Waals surface area contributed by atoms with Crippen LogP contribution in [0.5, 0.6) is 5.75 Å². The molecule has 1 aromatic rings. The Hall–Kier alpha value is -1.22. The first-order chi connectivity index (χ1) is 6.49. The summed E-state index contributed by atoms with van der Waals surface area (Å²) in [6.07, 6.45) is 0. The van der Waals surface area contributed by atoms with Crippen LogP contribution in [0.15, 0.2) is 6.07 Å². The van der Waals surface area contributed by atoms with Crippen LogP contribution in [-0.2, 0) is 0 Å². The van der Waals surface area contributed by atoms with E-state index in [4.69, 9.17) is 21.4 Å². The Morgan fingerprint density at radius 1 is 1.50 bits per heavy atom. The van der Waals surface area contributed by atoms with Crippen LogP contribution < -0.4 is 4.74 Å². The molecule has 0 radical (unpaired) electrons. The lowest BCUT2D eigenvalue weighted by Crippen LogP contribution is -2.02. The van der Waals surface area contributed by atoms with E-state index in [0.717, 1.165) is 5.56 Å². The van der Waals surface area contributed by atoms with Crippen molar-refractivity contribution in [3.63, 3.8) is 0 Å². The molecular weight excluding hydrogens is 204 g/mol. The quantitative estimate of drug-likeness (QED) is 0.823. The molecule has 76 valence electrons. The largest absolute Gasteiger partial charge is 0.495 e. The van der Waals surface area contributed by atoms with E-state index in [9.17, 15) is 4.79 Å². The summed E-state index contributed by atoms with van der Waals surface area (Å²) in [5.74, 6) is -0.440.